The molecule has 0 saturated heterocycles. The number of nitrogens with one attached hydrogen (secondary N) is 1. The fourth-order valence-electron chi connectivity index (χ4n) is 1.27. The molecule has 0 unspecified atom stereocenters. The standard InChI is InChI=1S/C9H10BrNS/c10-6-7-1-2-9-8(5-7)11-3-4-12-9/h1-2,5,11H,3-4,6H2. The Balaban J connectivity index is 2.36. The molecule has 1 aliphatic rings. The van der Waals surface area contributed by atoms with Crippen molar-refractivity contribution in [1.29, 1.82) is 0 Å². The van der Waals surface area contributed by atoms with Gasteiger partial charge in [0.1, 0.15) is 0 Å². The maximum Gasteiger partial charge on any atom is 0.0481 e. The molecule has 0 amide bonds. The molecule has 0 spiro atoms. The van der Waals surface area contributed by atoms with E-state index in [-0.39, 0.29) is 0 Å². The van der Waals surface area contributed by atoms with Gasteiger partial charge in [-0.25, -0.2) is 0 Å². The van der Waals surface area contributed by atoms with Gasteiger partial charge in [-0.2, -0.15) is 0 Å². The van der Waals surface area contributed by atoms with Crippen LogP contribution in [0.4, 0.5) is 5.69 Å². The fraction of sp³-hybridized carbons (Fsp3) is 0.333. The number of alkyl halides is 1. The smallest absolute Gasteiger partial charge is 0.0481 e. The minimum absolute atomic E-state index is 0.937. The van der Waals surface area contributed by atoms with Crippen molar-refractivity contribution in [2.45, 2.75) is 10.2 Å². The number of anilines is 1. The molecule has 0 saturated carbocycles. The highest BCUT2D eigenvalue weighted by Crippen LogP contribution is 2.31. The minimum atomic E-state index is 0.937. The summed E-state index contributed by atoms with van der Waals surface area (Å²) >= 11 is 5.38. The van der Waals surface area contributed by atoms with Crippen molar-refractivity contribution < 1.29 is 0 Å². The zero-order valence-electron chi connectivity index (χ0n) is 6.64. The van der Waals surface area contributed by atoms with Crippen LogP contribution in [-0.4, -0.2) is 12.3 Å². The molecule has 2 rings (SSSR count). The minimum Gasteiger partial charge on any atom is -0.383 e. The molecule has 1 N–H and O–H groups in total. The zero-order valence-corrected chi connectivity index (χ0v) is 9.04. The molecule has 3 heteroatoms. The van der Waals surface area contributed by atoms with Crippen LogP contribution in [0, 0.1) is 0 Å². The number of thioether (sulfide) groups is 1. The Hall–Kier alpha value is -0.150. The van der Waals surface area contributed by atoms with Crippen LogP contribution in [0.15, 0.2) is 23.1 Å². The molecule has 0 aliphatic carbocycles. The molecular formula is C9H10BrNS. The molecular weight excluding hydrogens is 234 g/mol. The van der Waals surface area contributed by atoms with Crippen molar-refractivity contribution in [3.05, 3.63) is 23.8 Å². The van der Waals surface area contributed by atoms with Crippen molar-refractivity contribution in [3.8, 4) is 0 Å². The quantitative estimate of drug-likeness (QED) is 0.762. The number of hydrogen-bond acceptors (Lipinski definition) is 2. The average Bonchev–Trinajstić information content (AvgIpc) is 2.17. The van der Waals surface area contributed by atoms with Crippen molar-refractivity contribution in [3.63, 3.8) is 0 Å². The second-order valence-electron chi connectivity index (χ2n) is 2.74. The first-order valence-corrected chi connectivity index (χ1v) is 6.06. The van der Waals surface area contributed by atoms with E-state index < -0.39 is 0 Å². The summed E-state index contributed by atoms with van der Waals surface area (Å²) in [4.78, 5) is 1.38. The highest BCUT2D eigenvalue weighted by atomic mass is 79.9. The van der Waals surface area contributed by atoms with E-state index >= 15 is 0 Å². The summed E-state index contributed by atoms with van der Waals surface area (Å²) in [6, 6.07) is 6.59. The monoisotopic (exact) mass is 243 g/mol. The number of halogens is 1. The lowest BCUT2D eigenvalue weighted by Crippen LogP contribution is -2.10. The van der Waals surface area contributed by atoms with Gasteiger partial charge in [-0.05, 0) is 17.7 Å². The van der Waals surface area contributed by atoms with Crippen LogP contribution >= 0.6 is 27.7 Å². The van der Waals surface area contributed by atoms with E-state index in [1.807, 2.05) is 11.8 Å². The van der Waals surface area contributed by atoms with Crippen molar-refractivity contribution in [1.82, 2.24) is 0 Å². The van der Waals surface area contributed by atoms with Gasteiger partial charge in [-0.15, -0.1) is 11.8 Å². The van der Waals surface area contributed by atoms with Crippen LogP contribution in [0.3, 0.4) is 0 Å². The molecule has 1 aromatic carbocycles. The van der Waals surface area contributed by atoms with Gasteiger partial charge in [0, 0.05) is 28.2 Å². The topological polar surface area (TPSA) is 12.0 Å². The lowest BCUT2D eigenvalue weighted by molar-refractivity contribution is 1.16. The third-order valence-corrected chi connectivity index (χ3v) is 3.60. The van der Waals surface area contributed by atoms with Crippen LogP contribution in [0.2, 0.25) is 0 Å². The first kappa shape index (κ1) is 8.45. The van der Waals surface area contributed by atoms with Gasteiger partial charge in [0.25, 0.3) is 0 Å². The number of rotatable bonds is 1. The molecule has 0 atom stereocenters. The van der Waals surface area contributed by atoms with Crippen molar-refractivity contribution in [2.24, 2.45) is 0 Å². The molecule has 0 fully saturated rings. The Morgan fingerprint density at radius 2 is 2.42 bits per heavy atom. The van der Waals surface area contributed by atoms with E-state index in [2.05, 4.69) is 39.4 Å². The molecule has 1 heterocycles. The van der Waals surface area contributed by atoms with Crippen LogP contribution in [-0.2, 0) is 5.33 Å². The lowest BCUT2D eigenvalue weighted by atomic mass is 10.2. The normalized spacial score (nSPS) is 15.1. The van der Waals surface area contributed by atoms with Gasteiger partial charge in [0.2, 0.25) is 0 Å². The van der Waals surface area contributed by atoms with E-state index in [4.69, 9.17) is 0 Å². The Morgan fingerprint density at radius 3 is 3.25 bits per heavy atom. The second-order valence-corrected chi connectivity index (χ2v) is 4.44. The van der Waals surface area contributed by atoms with Gasteiger partial charge in [-0.3, -0.25) is 0 Å². The van der Waals surface area contributed by atoms with Crippen LogP contribution in [0.5, 0.6) is 0 Å². The highest BCUT2D eigenvalue weighted by Gasteiger charge is 2.08. The first-order valence-electron chi connectivity index (χ1n) is 3.96. The lowest BCUT2D eigenvalue weighted by Gasteiger charge is -2.17. The van der Waals surface area contributed by atoms with E-state index in [9.17, 15) is 0 Å². The molecule has 64 valence electrons. The fourth-order valence-corrected chi connectivity index (χ4v) is 2.49. The SMILES string of the molecule is BrCc1ccc2c(c1)NCCS2. The van der Waals surface area contributed by atoms with Gasteiger partial charge in [-0.1, -0.05) is 22.0 Å². The predicted octanol–water partition coefficient (Wildman–Crippen LogP) is 3.10. The number of benzene rings is 1. The van der Waals surface area contributed by atoms with Gasteiger partial charge in [0.15, 0.2) is 0 Å². The number of fused-ring (bicyclic) bond motifs is 1. The Morgan fingerprint density at radius 1 is 1.50 bits per heavy atom. The van der Waals surface area contributed by atoms with Crippen molar-refractivity contribution >= 4 is 33.4 Å². The summed E-state index contributed by atoms with van der Waals surface area (Å²) < 4.78 is 0. The molecule has 12 heavy (non-hydrogen) atoms. The summed E-state index contributed by atoms with van der Waals surface area (Å²) in [5, 5.41) is 4.33. The molecule has 0 aromatic heterocycles. The van der Waals surface area contributed by atoms with Crippen LogP contribution in [0.1, 0.15) is 5.56 Å². The number of hydrogen-bond donors (Lipinski definition) is 1. The summed E-state index contributed by atoms with van der Waals surface area (Å²) in [6.07, 6.45) is 0. The van der Waals surface area contributed by atoms with E-state index in [1.54, 1.807) is 0 Å². The molecule has 0 bridgehead atoms. The molecule has 1 aromatic rings. The van der Waals surface area contributed by atoms with Crippen LogP contribution in [0.25, 0.3) is 0 Å². The molecule has 0 radical (unpaired) electrons. The Bertz CT molecular complexity index is 288. The Labute approximate surface area is 85.1 Å². The van der Waals surface area contributed by atoms with Gasteiger partial charge >= 0.3 is 0 Å². The average molecular weight is 244 g/mol. The summed E-state index contributed by atoms with van der Waals surface area (Å²) in [6.45, 7) is 1.09. The van der Waals surface area contributed by atoms with Crippen LogP contribution < -0.4 is 5.32 Å². The largest absolute Gasteiger partial charge is 0.383 e. The summed E-state index contributed by atoms with van der Waals surface area (Å²) in [5.74, 6) is 1.18. The third kappa shape index (κ3) is 1.62. The second kappa shape index (κ2) is 3.71. The van der Waals surface area contributed by atoms with Gasteiger partial charge < -0.3 is 5.32 Å². The predicted molar refractivity (Wildman–Crippen MR) is 58.3 cm³/mol. The van der Waals surface area contributed by atoms with Gasteiger partial charge in [0.05, 0.1) is 0 Å². The Kier molecular flexibility index (Phi) is 2.61. The van der Waals surface area contributed by atoms with E-state index in [1.165, 1.54) is 21.9 Å². The van der Waals surface area contributed by atoms with Crippen molar-refractivity contribution in [2.75, 3.05) is 17.6 Å². The molecule has 1 aliphatic heterocycles. The third-order valence-electron chi connectivity index (χ3n) is 1.87. The summed E-state index contributed by atoms with van der Waals surface area (Å²) in [5.41, 5.74) is 2.63. The highest BCUT2D eigenvalue weighted by molar-refractivity contribution is 9.08. The maximum atomic E-state index is 3.45. The molecule has 1 nitrogen and oxygen atoms in total. The first-order chi connectivity index (χ1) is 5.90. The van der Waals surface area contributed by atoms with E-state index in [0.29, 0.717) is 0 Å². The van der Waals surface area contributed by atoms with E-state index in [0.717, 1.165) is 11.9 Å². The zero-order chi connectivity index (χ0) is 8.39. The summed E-state index contributed by atoms with van der Waals surface area (Å²) in [7, 11) is 0. The maximum absolute atomic E-state index is 3.45.